The van der Waals surface area contributed by atoms with Crippen molar-refractivity contribution in [3.05, 3.63) is 65.2 Å². The van der Waals surface area contributed by atoms with Crippen LogP contribution in [0.2, 0.25) is 0 Å². The summed E-state index contributed by atoms with van der Waals surface area (Å²) in [6, 6.07) is 15.3. The zero-order valence-corrected chi connectivity index (χ0v) is 28.4. The van der Waals surface area contributed by atoms with Gasteiger partial charge in [0.2, 0.25) is 11.8 Å². The number of anilines is 1. The summed E-state index contributed by atoms with van der Waals surface area (Å²) < 4.78 is 22.3. The fraction of sp³-hybridized carbons (Fsp3) is 0.543. The zero-order valence-electron chi connectivity index (χ0n) is 28.4. The molecule has 0 spiro atoms. The van der Waals surface area contributed by atoms with Gasteiger partial charge in [0.05, 0.1) is 82.5 Å². The maximum atomic E-state index is 13.6. The SMILES string of the molecule is CC.CCCC(=O)NCCC(=O)N1Cc2ccccc2/C(N)=C(/N(N)CCOCCOCCOCCOC(C)C)c2ccccc21. The maximum absolute atomic E-state index is 13.6. The van der Waals surface area contributed by atoms with Gasteiger partial charge in [0.25, 0.3) is 0 Å². The Morgan fingerprint density at radius 1 is 0.870 bits per heavy atom. The molecule has 3 rings (SSSR count). The molecule has 11 nitrogen and oxygen atoms in total. The van der Waals surface area contributed by atoms with Crippen LogP contribution in [0.4, 0.5) is 5.69 Å². The van der Waals surface area contributed by atoms with Crippen LogP contribution in [-0.2, 0) is 35.1 Å². The molecule has 1 aliphatic rings. The Labute approximate surface area is 275 Å². The molecular weight excluding hydrogens is 586 g/mol. The minimum Gasteiger partial charge on any atom is -0.396 e. The lowest BCUT2D eigenvalue weighted by molar-refractivity contribution is -0.121. The van der Waals surface area contributed by atoms with Crippen LogP contribution < -0.4 is 21.8 Å². The normalized spacial score (nSPS) is 14.0. The summed E-state index contributed by atoms with van der Waals surface area (Å²) in [6.45, 7) is 14.2. The highest BCUT2D eigenvalue weighted by Crippen LogP contribution is 2.37. The molecule has 0 aliphatic carbocycles. The number of carbonyl (C=O) groups is 2. The molecule has 11 heteroatoms. The second kappa shape index (κ2) is 22.1. The fourth-order valence-corrected chi connectivity index (χ4v) is 4.81. The van der Waals surface area contributed by atoms with Crippen molar-refractivity contribution in [2.24, 2.45) is 11.6 Å². The first-order chi connectivity index (χ1) is 22.3. The Bertz CT molecular complexity index is 1220. The minimum atomic E-state index is -0.106. The van der Waals surface area contributed by atoms with Gasteiger partial charge in [0, 0.05) is 30.5 Å². The molecule has 0 fully saturated rings. The molecule has 0 atom stereocenters. The van der Waals surface area contributed by atoms with Gasteiger partial charge in [0.1, 0.15) is 0 Å². The van der Waals surface area contributed by atoms with Crippen LogP contribution in [0.1, 0.15) is 70.6 Å². The predicted octanol–water partition coefficient (Wildman–Crippen LogP) is 4.30. The van der Waals surface area contributed by atoms with Crippen molar-refractivity contribution in [3.8, 4) is 0 Å². The highest BCUT2D eigenvalue weighted by Gasteiger charge is 2.27. The summed E-state index contributed by atoms with van der Waals surface area (Å²) in [7, 11) is 0. The van der Waals surface area contributed by atoms with Crippen LogP contribution in [0.5, 0.6) is 0 Å². The molecule has 0 bridgehead atoms. The Kier molecular flexibility index (Phi) is 18.6. The van der Waals surface area contributed by atoms with Crippen LogP contribution in [0, 0.1) is 0 Å². The van der Waals surface area contributed by atoms with E-state index in [4.69, 9.17) is 30.5 Å². The number of hydrazine groups is 1. The van der Waals surface area contributed by atoms with E-state index in [-0.39, 0.29) is 30.9 Å². The molecule has 256 valence electrons. The lowest BCUT2D eigenvalue weighted by atomic mass is 9.95. The van der Waals surface area contributed by atoms with Crippen molar-refractivity contribution < 1.29 is 28.5 Å². The number of benzene rings is 2. The molecule has 1 heterocycles. The van der Waals surface area contributed by atoms with Crippen LogP contribution in [0.25, 0.3) is 11.4 Å². The number of carbonyl (C=O) groups excluding carboxylic acids is 2. The molecule has 2 aromatic rings. The quantitative estimate of drug-likeness (QED) is 0.116. The third-order valence-corrected chi connectivity index (χ3v) is 6.97. The number of amides is 2. The van der Waals surface area contributed by atoms with Crippen LogP contribution in [-0.4, -0.2) is 82.3 Å². The van der Waals surface area contributed by atoms with E-state index in [1.165, 1.54) is 0 Å². The van der Waals surface area contributed by atoms with E-state index in [1.54, 1.807) is 9.91 Å². The summed E-state index contributed by atoms with van der Waals surface area (Å²) in [5.74, 6) is 6.48. The minimum absolute atomic E-state index is 0.0543. The second-order valence-electron chi connectivity index (χ2n) is 10.7. The van der Waals surface area contributed by atoms with E-state index < -0.39 is 0 Å². The molecule has 2 amide bonds. The van der Waals surface area contributed by atoms with Crippen molar-refractivity contribution in [3.63, 3.8) is 0 Å². The highest BCUT2D eigenvalue weighted by molar-refractivity contribution is 6.01. The molecule has 46 heavy (non-hydrogen) atoms. The van der Waals surface area contributed by atoms with Crippen molar-refractivity contribution in [1.29, 1.82) is 0 Å². The smallest absolute Gasteiger partial charge is 0.229 e. The zero-order chi connectivity index (χ0) is 33.7. The molecule has 2 aromatic carbocycles. The average molecular weight is 642 g/mol. The van der Waals surface area contributed by atoms with Gasteiger partial charge in [-0.1, -0.05) is 63.2 Å². The van der Waals surface area contributed by atoms with E-state index in [1.807, 2.05) is 83.1 Å². The van der Waals surface area contributed by atoms with Crippen LogP contribution >= 0.6 is 0 Å². The lowest BCUT2D eigenvalue weighted by Crippen LogP contribution is -2.38. The molecule has 5 N–H and O–H groups in total. The molecule has 0 radical (unpaired) electrons. The number of para-hydroxylation sites is 1. The number of nitrogens with one attached hydrogen (secondary N) is 1. The highest BCUT2D eigenvalue weighted by atomic mass is 16.6. The molecule has 0 aromatic heterocycles. The largest absolute Gasteiger partial charge is 0.396 e. The summed E-state index contributed by atoms with van der Waals surface area (Å²) in [5.41, 5.74) is 11.1. The standard InChI is InChI=1S/C33H49N5O6.C2H6/c1-4-9-30(39)36-15-14-31(40)37-24-26-10-5-6-11-27(26)32(34)33(28-12-7-8-13-29(28)37)38(35)16-17-41-18-19-42-20-21-43-22-23-44-25(2)3;1-2/h5-8,10-13,25H,4,9,14-24,34-35H2,1-3H3,(H,36,39);1-2H3/b33-32-;. The number of hydrogen-bond acceptors (Lipinski definition) is 9. The summed E-state index contributed by atoms with van der Waals surface area (Å²) in [6.07, 6.45) is 1.56. The van der Waals surface area contributed by atoms with Crippen molar-refractivity contribution in [2.45, 2.75) is 66.5 Å². The predicted molar refractivity (Wildman–Crippen MR) is 183 cm³/mol. The number of nitrogens with two attached hydrogens (primary N) is 2. The summed E-state index contributed by atoms with van der Waals surface area (Å²) in [4.78, 5) is 27.3. The van der Waals surface area contributed by atoms with Crippen LogP contribution in [0.15, 0.2) is 48.5 Å². The van der Waals surface area contributed by atoms with Gasteiger partial charge in [-0.15, -0.1) is 0 Å². The number of nitrogens with zero attached hydrogens (tertiary/aromatic N) is 2. The van der Waals surface area contributed by atoms with Crippen molar-refractivity contribution >= 4 is 28.9 Å². The molecule has 0 saturated heterocycles. The fourth-order valence-electron chi connectivity index (χ4n) is 4.81. The number of ether oxygens (including phenoxy) is 4. The van der Waals surface area contributed by atoms with Gasteiger partial charge in [-0.05, 0) is 31.9 Å². The van der Waals surface area contributed by atoms with Gasteiger partial charge in [-0.3, -0.25) is 9.59 Å². The molecule has 0 unspecified atom stereocenters. The Morgan fingerprint density at radius 2 is 1.46 bits per heavy atom. The van der Waals surface area contributed by atoms with Gasteiger partial charge in [0.15, 0.2) is 0 Å². The van der Waals surface area contributed by atoms with Crippen molar-refractivity contribution in [1.82, 2.24) is 10.3 Å². The first kappa shape index (κ1) is 38.7. The van der Waals surface area contributed by atoms with Gasteiger partial charge < -0.3 is 39.9 Å². The van der Waals surface area contributed by atoms with E-state index >= 15 is 0 Å². The summed E-state index contributed by atoms with van der Waals surface area (Å²) in [5, 5.41) is 4.42. The topological polar surface area (TPSA) is 142 Å². The number of rotatable bonds is 19. The summed E-state index contributed by atoms with van der Waals surface area (Å²) >= 11 is 0. The third kappa shape index (κ3) is 12.7. The van der Waals surface area contributed by atoms with E-state index in [2.05, 4.69) is 5.32 Å². The van der Waals surface area contributed by atoms with Gasteiger partial charge >= 0.3 is 0 Å². The van der Waals surface area contributed by atoms with Crippen molar-refractivity contribution in [2.75, 3.05) is 64.2 Å². The van der Waals surface area contributed by atoms with Crippen LogP contribution in [0.3, 0.4) is 0 Å². The molecule has 1 aliphatic heterocycles. The first-order valence-electron chi connectivity index (χ1n) is 16.4. The third-order valence-electron chi connectivity index (χ3n) is 6.97. The van der Waals surface area contributed by atoms with Gasteiger partial charge in [-0.25, -0.2) is 5.84 Å². The number of hydrogen-bond donors (Lipinski definition) is 3. The molecular formula is C35H55N5O6. The second-order valence-corrected chi connectivity index (χ2v) is 10.7. The average Bonchev–Trinajstić information content (AvgIpc) is 3.05. The van der Waals surface area contributed by atoms with Gasteiger partial charge in [-0.2, -0.15) is 0 Å². The van der Waals surface area contributed by atoms with E-state index in [0.29, 0.717) is 82.8 Å². The first-order valence-corrected chi connectivity index (χ1v) is 16.4. The monoisotopic (exact) mass is 641 g/mol. The lowest BCUT2D eigenvalue weighted by Gasteiger charge is -2.33. The number of fused-ring (bicyclic) bond motifs is 2. The molecule has 0 saturated carbocycles. The Hall–Kier alpha value is -3.48. The maximum Gasteiger partial charge on any atom is 0.229 e. The van der Waals surface area contributed by atoms with E-state index in [0.717, 1.165) is 23.1 Å². The Balaban J connectivity index is 0.00000361. The Morgan fingerprint density at radius 3 is 2.11 bits per heavy atom. The van der Waals surface area contributed by atoms with E-state index in [9.17, 15) is 9.59 Å².